The maximum absolute atomic E-state index is 6.26. The number of hydrogen-bond donors (Lipinski definition) is 0. The highest BCUT2D eigenvalue weighted by atomic mass is 35.8. The van der Waals surface area contributed by atoms with Crippen molar-refractivity contribution < 1.29 is 0 Å². The summed E-state index contributed by atoms with van der Waals surface area (Å²) in [7, 11) is -1.27. The van der Waals surface area contributed by atoms with E-state index in [0.29, 0.717) is 0 Å². The molecule has 0 aliphatic carbocycles. The fourth-order valence-corrected chi connectivity index (χ4v) is 6.69. The lowest BCUT2D eigenvalue weighted by Gasteiger charge is -2.23. The molecule has 0 saturated carbocycles. The molecule has 1 atom stereocenters. The molecule has 0 nitrogen and oxygen atoms in total. The Morgan fingerprint density at radius 1 is 1.25 bits per heavy atom. The van der Waals surface area contributed by atoms with Gasteiger partial charge in [-0.15, -0.1) is 33.2 Å². The average molecular weight is 382 g/mol. The topological polar surface area (TPSA) is 0 Å². The second-order valence-electron chi connectivity index (χ2n) is 5.87. The van der Waals surface area contributed by atoms with Crippen molar-refractivity contribution in [3.8, 4) is 0 Å². The van der Waals surface area contributed by atoms with Crippen LogP contribution >= 0.6 is 33.2 Å². The maximum Gasteiger partial charge on any atom is 0.348 e. The minimum Gasteiger partial charge on any atom is -0.125 e. The second-order valence-corrected chi connectivity index (χ2v) is 19.5. The van der Waals surface area contributed by atoms with Crippen molar-refractivity contribution >= 4 is 67.9 Å². The molecule has 0 aromatic heterocycles. The van der Waals surface area contributed by atoms with E-state index in [-0.39, 0.29) is 15.1 Å². The van der Waals surface area contributed by atoms with Crippen LogP contribution in [0.2, 0.25) is 13.1 Å². The van der Waals surface area contributed by atoms with Gasteiger partial charge in [0.15, 0.2) is 0 Å². The first-order valence-electron chi connectivity index (χ1n) is 6.95. The standard InChI is InChI=1S/C14H23Cl3Si3/c1-10(2)9-18-12-6-7-14(19(4)5)13(8-12)11(3)20(15,16)17/h6-9,11,19H,18H2,1-5H3. The number of benzene rings is 1. The first kappa shape index (κ1) is 18.5. The van der Waals surface area contributed by atoms with Gasteiger partial charge in [-0.25, -0.2) is 0 Å². The summed E-state index contributed by atoms with van der Waals surface area (Å²) < 4.78 is 0. The van der Waals surface area contributed by atoms with Gasteiger partial charge in [-0.3, -0.25) is 0 Å². The molecule has 1 rings (SSSR count). The highest BCUT2D eigenvalue weighted by molar-refractivity contribution is 7.65. The molecule has 0 bridgehead atoms. The van der Waals surface area contributed by atoms with Gasteiger partial charge in [-0.05, 0) is 19.4 Å². The lowest BCUT2D eigenvalue weighted by molar-refractivity contribution is 1.08. The maximum atomic E-state index is 6.26. The van der Waals surface area contributed by atoms with Crippen LogP contribution in [0.15, 0.2) is 29.5 Å². The van der Waals surface area contributed by atoms with Crippen molar-refractivity contribution in [1.29, 1.82) is 0 Å². The molecule has 0 fully saturated rings. The lowest BCUT2D eigenvalue weighted by Crippen LogP contribution is -2.35. The Balaban J connectivity index is 3.22. The van der Waals surface area contributed by atoms with E-state index < -0.39 is 14.8 Å². The molecule has 1 aromatic carbocycles. The molecule has 1 aromatic rings. The fraction of sp³-hybridized carbons (Fsp3) is 0.429. The Morgan fingerprint density at radius 2 is 1.85 bits per heavy atom. The molecule has 0 aliphatic heterocycles. The summed E-state index contributed by atoms with van der Waals surface area (Å²) in [5.74, 6) is 0. The van der Waals surface area contributed by atoms with Crippen LogP contribution in [0.3, 0.4) is 0 Å². The van der Waals surface area contributed by atoms with E-state index >= 15 is 0 Å². The largest absolute Gasteiger partial charge is 0.348 e. The van der Waals surface area contributed by atoms with Crippen LogP contribution in [-0.4, -0.2) is 24.3 Å². The molecule has 0 saturated heterocycles. The highest BCUT2D eigenvalue weighted by Crippen LogP contribution is 2.35. The molecule has 6 heteroatoms. The molecule has 0 N–H and O–H groups in total. The summed E-state index contributed by atoms with van der Waals surface area (Å²) in [6.07, 6.45) is 0. The van der Waals surface area contributed by atoms with Crippen LogP contribution in [0.1, 0.15) is 31.9 Å². The zero-order valence-corrected chi connectivity index (χ0v) is 18.6. The molecule has 20 heavy (non-hydrogen) atoms. The lowest BCUT2D eigenvalue weighted by atomic mass is 10.1. The van der Waals surface area contributed by atoms with Crippen molar-refractivity contribution in [2.24, 2.45) is 0 Å². The van der Waals surface area contributed by atoms with Crippen LogP contribution in [0, 0.1) is 0 Å². The Morgan fingerprint density at radius 3 is 2.30 bits per heavy atom. The van der Waals surface area contributed by atoms with Crippen LogP contribution in [0.4, 0.5) is 0 Å². The SMILES string of the molecule is CC(C)=C[SiH2]c1ccc([SiH](C)C)c(C(C)[Si](Cl)(Cl)Cl)c1. The highest BCUT2D eigenvalue weighted by Gasteiger charge is 2.35. The third kappa shape index (κ3) is 5.35. The van der Waals surface area contributed by atoms with Gasteiger partial charge >= 0.3 is 6.00 Å². The zero-order valence-electron chi connectivity index (χ0n) is 12.8. The number of hydrogen-bond acceptors (Lipinski definition) is 0. The Kier molecular flexibility index (Phi) is 7.09. The van der Waals surface area contributed by atoms with Crippen LogP contribution in [-0.2, 0) is 0 Å². The molecule has 0 aliphatic rings. The van der Waals surface area contributed by atoms with E-state index in [1.54, 1.807) is 0 Å². The quantitative estimate of drug-likeness (QED) is 0.541. The summed E-state index contributed by atoms with van der Waals surface area (Å²) in [5, 5.41) is 2.89. The van der Waals surface area contributed by atoms with Crippen molar-refractivity contribution in [2.75, 3.05) is 0 Å². The molecule has 0 spiro atoms. The van der Waals surface area contributed by atoms with Gasteiger partial charge in [0.05, 0.1) is 18.3 Å². The summed E-state index contributed by atoms with van der Waals surface area (Å²) in [6, 6.07) is 4.17. The van der Waals surface area contributed by atoms with Gasteiger partial charge in [0.2, 0.25) is 0 Å². The fourth-order valence-electron chi connectivity index (χ4n) is 2.15. The predicted molar refractivity (Wildman–Crippen MR) is 104 cm³/mol. The van der Waals surface area contributed by atoms with Gasteiger partial charge < -0.3 is 0 Å². The molecule has 112 valence electrons. The Labute approximate surface area is 142 Å². The van der Waals surface area contributed by atoms with Gasteiger partial charge in [0, 0.05) is 5.54 Å². The molecule has 0 amide bonds. The van der Waals surface area contributed by atoms with Crippen molar-refractivity contribution in [3.05, 3.63) is 35.0 Å². The summed E-state index contributed by atoms with van der Waals surface area (Å²) >= 11 is 18.8. The second kappa shape index (κ2) is 7.66. The smallest absolute Gasteiger partial charge is 0.125 e. The average Bonchev–Trinajstić information content (AvgIpc) is 2.33. The van der Waals surface area contributed by atoms with Crippen LogP contribution in [0.25, 0.3) is 0 Å². The molecular weight excluding hydrogens is 359 g/mol. The van der Waals surface area contributed by atoms with E-state index in [1.165, 1.54) is 21.5 Å². The normalized spacial score (nSPS) is 14.1. The Bertz CT molecular complexity index is 489. The minimum absolute atomic E-state index is 0.0676. The number of halogens is 3. The van der Waals surface area contributed by atoms with Gasteiger partial charge in [0.25, 0.3) is 0 Å². The predicted octanol–water partition coefficient (Wildman–Crippen LogP) is 3.40. The molecule has 0 radical (unpaired) electrons. The summed E-state index contributed by atoms with van der Waals surface area (Å²) in [4.78, 5) is 0. The van der Waals surface area contributed by atoms with Crippen molar-refractivity contribution in [2.45, 2.75) is 39.4 Å². The molecular formula is C14H23Cl3Si3. The molecule has 0 heterocycles. The van der Waals surface area contributed by atoms with E-state index in [0.717, 1.165) is 0 Å². The third-order valence-corrected chi connectivity index (χ3v) is 11.4. The summed E-state index contributed by atoms with van der Waals surface area (Å²) in [5.41, 5.74) is 5.14. The monoisotopic (exact) mass is 380 g/mol. The third-order valence-electron chi connectivity index (χ3n) is 3.48. The number of rotatable bonds is 5. The van der Waals surface area contributed by atoms with Gasteiger partial charge in [-0.2, -0.15) is 0 Å². The number of allylic oxidation sites excluding steroid dienone is 1. The molecule has 1 unspecified atom stereocenters. The Hall–Kier alpha value is 0.481. The zero-order chi connectivity index (χ0) is 15.5. The van der Waals surface area contributed by atoms with Crippen LogP contribution < -0.4 is 10.4 Å². The van der Waals surface area contributed by atoms with E-state index in [4.69, 9.17) is 33.2 Å². The van der Waals surface area contributed by atoms with Crippen LogP contribution in [0.5, 0.6) is 0 Å². The van der Waals surface area contributed by atoms with E-state index in [9.17, 15) is 0 Å². The van der Waals surface area contributed by atoms with Crippen molar-refractivity contribution in [3.63, 3.8) is 0 Å². The van der Waals surface area contributed by atoms with Gasteiger partial charge in [-0.1, -0.05) is 59.9 Å². The van der Waals surface area contributed by atoms with E-state index in [1.807, 2.05) is 0 Å². The van der Waals surface area contributed by atoms with Gasteiger partial charge in [0.1, 0.15) is 0 Å². The van der Waals surface area contributed by atoms with Crippen molar-refractivity contribution in [1.82, 2.24) is 0 Å². The van der Waals surface area contributed by atoms with E-state index in [2.05, 4.69) is 57.8 Å². The first-order chi connectivity index (χ1) is 9.12. The summed E-state index contributed by atoms with van der Waals surface area (Å²) in [6.45, 7) is 11.0. The minimum atomic E-state index is -2.71. The first-order valence-corrected chi connectivity index (χ1v) is 16.5.